The van der Waals surface area contributed by atoms with Crippen molar-refractivity contribution in [3.8, 4) is 0 Å². The van der Waals surface area contributed by atoms with Crippen LogP contribution >= 0.6 is 23.6 Å². The number of rotatable bonds is 4. The van der Waals surface area contributed by atoms with Crippen molar-refractivity contribution in [3.05, 3.63) is 25.6 Å². The highest BCUT2D eigenvalue weighted by atomic mass is 32.1. The molecule has 7 heteroatoms. The van der Waals surface area contributed by atoms with Crippen molar-refractivity contribution < 1.29 is 9.90 Å². The maximum Gasteiger partial charge on any atom is 0.327 e. The number of thiophene rings is 1. The van der Waals surface area contributed by atoms with Crippen molar-refractivity contribution >= 4 is 39.7 Å². The van der Waals surface area contributed by atoms with Crippen LogP contribution in [0.1, 0.15) is 49.6 Å². The second-order valence-corrected chi connectivity index (χ2v) is 7.68. The van der Waals surface area contributed by atoms with Gasteiger partial charge < -0.3 is 10.1 Å². The minimum atomic E-state index is -1.01. The molecule has 0 aliphatic heterocycles. The Morgan fingerprint density at radius 3 is 2.78 bits per heavy atom. The summed E-state index contributed by atoms with van der Waals surface area (Å²) in [7, 11) is 0. The first-order chi connectivity index (χ1) is 11.0. The van der Waals surface area contributed by atoms with Gasteiger partial charge in [0.15, 0.2) is 4.77 Å². The standard InChI is InChI=1S/C16H20N2O3S2/c1-3-8(2)12(15(20)21)18-14(19)11-9-6-4-5-7-10(9)23-13(11)17-16(18)22/h8,12H,3-7H2,1-2H3,(H,17,22)(H,20,21)/t8-,12-/m0/s1. The summed E-state index contributed by atoms with van der Waals surface area (Å²) in [5, 5.41) is 10.3. The number of aromatic nitrogens is 2. The first-order valence-electron chi connectivity index (χ1n) is 7.97. The van der Waals surface area contributed by atoms with Gasteiger partial charge in [0, 0.05) is 4.88 Å². The van der Waals surface area contributed by atoms with Crippen molar-refractivity contribution in [2.24, 2.45) is 5.92 Å². The summed E-state index contributed by atoms with van der Waals surface area (Å²) in [5.74, 6) is -1.18. The lowest BCUT2D eigenvalue weighted by atomic mass is 9.96. The van der Waals surface area contributed by atoms with Crippen molar-refractivity contribution in [3.63, 3.8) is 0 Å². The number of H-pyrrole nitrogens is 1. The molecule has 2 atom stereocenters. The number of fused-ring (bicyclic) bond motifs is 3. The van der Waals surface area contributed by atoms with E-state index in [1.165, 1.54) is 9.44 Å². The molecule has 124 valence electrons. The van der Waals surface area contributed by atoms with Gasteiger partial charge in [-0.2, -0.15) is 0 Å². The lowest BCUT2D eigenvalue weighted by Crippen LogP contribution is -2.35. The molecule has 0 spiro atoms. The summed E-state index contributed by atoms with van der Waals surface area (Å²) in [5.41, 5.74) is 0.838. The summed E-state index contributed by atoms with van der Waals surface area (Å²) >= 11 is 6.91. The third-order valence-electron chi connectivity index (χ3n) is 4.76. The maximum atomic E-state index is 13.1. The molecule has 2 N–H and O–H groups in total. The smallest absolute Gasteiger partial charge is 0.327 e. The number of carboxylic acid groups (broad SMARTS) is 1. The molecule has 0 unspecified atom stereocenters. The summed E-state index contributed by atoms with van der Waals surface area (Å²) in [6.45, 7) is 3.76. The molecule has 0 amide bonds. The molecule has 0 saturated carbocycles. The van der Waals surface area contributed by atoms with E-state index in [4.69, 9.17) is 12.2 Å². The fourth-order valence-corrected chi connectivity index (χ4v) is 4.98. The highest BCUT2D eigenvalue weighted by Crippen LogP contribution is 2.34. The fourth-order valence-electron chi connectivity index (χ4n) is 3.33. The van der Waals surface area contributed by atoms with Gasteiger partial charge in [0.05, 0.1) is 5.39 Å². The van der Waals surface area contributed by atoms with E-state index in [1.54, 1.807) is 11.3 Å². The number of aromatic amines is 1. The van der Waals surface area contributed by atoms with Crippen molar-refractivity contribution in [2.45, 2.75) is 52.0 Å². The van der Waals surface area contributed by atoms with Gasteiger partial charge >= 0.3 is 5.97 Å². The van der Waals surface area contributed by atoms with Gasteiger partial charge in [-0.1, -0.05) is 20.3 Å². The zero-order valence-corrected chi connectivity index (χ0v) is 14.9. The number of aryl methyl sites for hydroxylation is 2. The Hall–Kier alpha value is -1.47. The molecule has 23 heavy (non-hydrogen) atoms. The van der Waals surface area contributed by atoms with Crippen molar-refractivity contribution in [1.82, 2.24) is 9.55 Å². The minimum Gasteiger partial charge on any atom is -0.480 e. The zero-order chi connectivity index (χ0) is 16.7. The predicted octanol–water partition coefficient (Wildman–Crippen LogP) is 3.67. The van der Waals surface area contributed by atoms with E-state index >= 15 is 0 Å². The van der Waals surface area contributed by atoms with E-state index in [2.05, 4.69) is 4.98 Å². The lowest BCUT2D eigenvalue weighted by molar-refractivity contribution is -0.142. The molecular weight excluding hydrogens is 332 g/mol. The van der Waals surface area contributed by atoms with Crippen LogP contribution in [-0.4, -0.2) is 20.6 Å². The van der Waals surface area contributed by atoms with Crippen LogP contribution in [0.5, 0.6) is 0 Å². The van der Waals surface area contributed by atoms with E-state index in [0.29, 0.717) is 11.8 Å². The summed E-state index contributed by atoms with van der Waals surface area (Å²) in [4.78, 5) is 29.9. The van der Waals surface area contributed by atoms with Crippen LogP contribution in [-0.2, 0) is 17.6 Å². The topological polar surface area (TPSA) is 75.1 Å². The van der Waals surface area contributed by atoms with Gasteiger partial charge in [-0.05, 0) is 49.4 Å². The molecular formula is C16H20N2O3S2. The third-order valence-corrected chi connectivity index (χ3v) is 6.26. The Morgan fingerprint density at radius 1 is 1.43 bits per heavy atom. The van der Waals surface area contributed by atoms with Gasteiger partial charge in [-0.15, -0.1) is 11.3 Å². The average molecular weight is 352 g/mol. The average Bonchev–Trinajstić information content (AvgIpc) is 2.88. The Balaban J connectivity index is 2.31. The lowest BCUT2D eigenvalue weighted by Gasteiger charge is -2.21. The van der Waals surface area contributed by atoms with Crippen molar-refractivity contribution in [1.29, 1.82) is 0 Å². The van der Waals surface area contributed by atoms with Crippen molar-refractivity contribution in [2.75, 3.05) is 0 Å². The second-order valence-electron chi connectivity index (χ2n) is 6.19. The third kappa shape index (κ3) is 2.65. The molecule has 0 radical (unpaired) electrons. The molecule has 2 heterocycles. The van der Waals surface area contributed by atoms with Gasteiger partial charge in [-0.3, -0.25) is 9.36 Å². The molecule has 3 rings (SSSR count). The molecule has 1 aliphatic carbocycles. The number of nitrogens with one attached hydrogen (secondary N) is 1. The Morgan fingerprint density at radius 2 is 2.13 bits per heavy atom. The Labute approximate surface area is 143 Å². The van der Waals surface area contributed by atoms with Crippen LogP contribution < -0.4 is 5.56 Å². The molecule has 0 bridgehead atoms. The maximum absolute atomic E-state index is 13.1. The van der Waals surface area contributed by atoms with Gasteiger partial charge in [0.1, 0.15) is 10.9 Å². The fraction of sp³-hybridized carbons (Fsp3) is 0.562. The second kappa shape index (κ2) is 6.20. The van der Waals surface area contributed by atoms with E-state index in [-0.39, 0.29) is 16.2 Å². The summed E-state index contributed by atoms with van der Waals surface area (Å²) in [6.07, 6.45) is 4.75. The summed E-state index contributed by atoms with van der Waals surface area (Å²) in [6, 6.07) is -0.931. The van der Waals surface area contributed by atoms with Crippen LogP contribution in [0.4, 0.5) is 0 Å². The van der Waals surface area contributed by atoms with Crippen LogP contribution in [0.15, 0.2) is 4.79 Å². The first kappa shape index (κ1) is 16.4. The monoisotopic (exact) mass is 352 g/mol. The molecule has 5 nitrogen and oxygen atoms in total. The largest absolute Gasteiger partial charge is 0.480 e. The highest BCUT2D eigenvalue weighted by molar-refractivity contribution is 7.71. The number of nitrogens with zero attached hydrogens (tertiary/aromatic N) is 1. The zero-order valence-electron chi connectivity index (χ0n) is 13.2. The van der Waals surface area contributed by atoms with Gasteiger partial charge in [0.2, 0.25) is 0 Å². The summed E-state index contributed by atoms with van der Waals surface area (Å²) < 4.78 is 1.48. The molecule has 2 aromatic rings. The highest BCUT2D eigenvalue weighted by Gasteiger charge is 2.29. The number of carbonyl (C=O) groups is 1. The quantitative estimate of drug-likeness (QED) is 0.823. The normalized spacial score (nSPS) is 17.0. The Kier molecular flexibility index (Phi) is 4.42. The number of hydrogen-bond donors (Lipinski definition) is 2. The Bertz CT molecular complexity index is 878. The van der Waals surface area contributed by atoms with E-state index in [0.717, 1.165) is 36.1 Å². The molecule has 0 aromatic carbocycles. The van der Waals surface area contributed by atoms with E-state index in [9.17, 15) is 14.7 Å². The number of hydrogen-bond acceptors (Lipinski definition) is 4. The minimum absolute atomic E-state index is 0.174. The van der Waals surface area contributed by atoms with E-state index < -0.39 is 12.0 Å². The molecule has 0 saturated heterocycles. The number of aliphatic carboxylic acids is 1. The van der Waals surface area contributed by atoms with Crippen LogP contribution in [0.25, 0.3) is 10.2 Å². The predicted molar refractivity (Wildman–Crippen MR) is 94.0 cm³/mol. The van der Waals surface area contributed by atoms with Crippen LogP contribution in [0.2, 0.25) is 0 Å². The first-order valence-corrected chi connectivity index (χ1v) is 9.20. The molecule has 1 aliphatic rings. The van der Waals surface area contributed by atoms with Crippen LogP contribution in [0.3, 0.4) is 0 Å². The van der Waals surface area contributed by atoms with E-state index in [1.807, 2.05) is 13.8 Å². The SMILES string of the molecule is CC[C@H](C)[C@@H](C(=O)O)n1c(=S)[nH]c2sc3c(c2c1=O)CCCC3. The molecule has 0 fully saturated rings. The molecule has 2 aromatic heterocycles. The van der Waals surface area contributed by atoms with Gasteiger partial charge in [-0.25, -0.2) is 4.79 Å². The number of carboxylic acids is 1. The van der Waals surface area contributed by atoms with Gasteiger partial charge in [0.25, 0.3) is 5.56 Å². The van der Waals surface area contributed by atoms with Crippen LogP contribution in [0, 0.1) is 10.7 Å².